The number of anilines is 1. The van der Waals surface area contributed by atoms with Crippen molar-refractivity contribution < 1.29 is 19.1 Å². The molecule has 1 aliphatic heterocycles. The summed E-state index contributed by atoms with van der Waals surface area (Å²) in [6.45, 7) is 0.435. The third-order valence-corrected chi connectivity index (χ3v) is 6.31. The van der Waals surface area contributed by atoms with Crippen LogP contribution in [-0.4, -0.2) is 35.8 Å². The number of nitrogens with one attached hydrogen (secondary N) is 2. The largest absolute Gasteiger partial charge is 0.497 e. The van der Waals surface area contributed by atoms with E-state index < -0.39 is 0 Å². The molecule has 3 aromatic rings. The van der Waals surface area contributed by atoms with Gasteiger partial charge in [-0.25, -0.2) is 4.68 Å². The number of methoxy groups -OCH3 is 2. The summed E-state index contributed by atoms with van der Waals surface area (Å²) < 4.78 is 11.9. The molecule has 9 heteroatoms. The number of fused-ring (bicyclic) bond motifs is 1. The number of thioether (sulfide) groups is 1. The molecule has 8 nitrogen and oxygen atoms in total. The average molecular weight is 467 g/mol. The van der Waals surface area contributed by atoms with E-state index in [1.165, 1.54) is 0 Å². The van der Waals surface area contributed by atoms with Crippen LogP contribution >= 0.6 is 11.8 Å². The van der Waals surface area contributed by atoms with E-state index in [0.717, 1.165) is 45.4 Å². The lowest BCUT2D eigenvalue weighted by Crippen LogP contribution is -2.29. The van der Waals surface area contributed by atoms with Crippen molar-refractivity contribution in [3.63, 3.8) is 0 Å². The molecule has 1 aliphatic rings. The molecule has 0 saturated heterocycles. The van der Waals surface area contributed by atoms with Gasteiger partial charge in [-0.2, -0.15) is 16.9 Å². The Morgan fingerprint density at radius 1 is 0.939 bits per heavy atom. The summed E-state index contributed by atoms with van der Waals surface area (Å²) in [4.78, 5) is 25.3. The summed E-state index contributed by atoms with van der Waals surface area (Å²) in [5, 5.41) is 10.5. The van der Waals surface area contributed by atoms with Gasteiger partial charge in [0.05, 0.1) is 26.3 Å². The van der Waals surface area contributed by atoms with Crippen LogP contribution in [0, 0.1) is 0 Å². The van der Waals surface area contributed by atoms with Gasteiger partial charge in [-0.1, -0.05) is 24.3 Å². The van der Waals surface area contributed by atoms with Crippen LogP contribution in [0.3, 0.4) is 0 Å². The lowest BCUT2D eigenvalue weighted by atomic mass is 10.1. The Morgan fingerprint density at radius 2 is 1.58 bits per heavy atom. The summed E-state index contributed by atoms with van der Waals surface area (Å²) in [7, 11) is 3.22. The molecular weight excluding hydrogens is 440 g/mol. The number of carbonyl (C=O) groups is 2. The lowest BCUT2D eigenvalue weighted by Gasteiger charge is -2.12. The fraction of sp³-hybridized carbons (Fsp3) is 0.292. The lowest BCUT2D eigenvalue weighted by molar-refractivity contribution is -0.122. The van der Waals surface area contributed by atoms with Crippen LogP contribution in [0.2, 0.25) is 0 Å². The van der Waals surface area contributed by atoms with E-state index >= 15 is 0 Å². The van der Waals surface area contributed by atoms with Crippen molar-refractivity contribution >= 4 is 29.4 Å². The van der Waals surface area contributed by atoms with Crippen LogP contribution < -0.4 is 20.1 Å². The number of carbonyl (C=O) groups excluding carboxylic acids is 2. The minimum Gasteiger partial charge on any atom is -0.497 e. The summed E-state index contributed by atoms with van der Waals surface area (Å²) in [6.07, 6.45) is 0.223. The molecule has 4 rings (SSSR count). The molecule has 0 fully saturated rings. The van der Waals surface area contributed by atoms with E-state index in [1.54, 1.807) is 30.7 Å². The van der Waals surface area contributed by atoms with E-state index in [9.17, 15) is 9.59 Å². The number of nitrogens with zero attached hydrogens (tertiary/aromatic N) is 2. The highest BCUT2D eigenvalue weighted by atomic mass is 32.2. The molecule has 0 saturated carbocycles. The number of rotatable bonds is 9. The maximum atomic E-state index is 12.7. The SMILES string of the molecule is COc1ccc(CNC(=O)Cn2nc3c(c2NC(=O)Cc2ccc(OC)cc2)CSC3)cc1. The van der Waals surface area contributed by atoms with E-state index in [0.29, 0.717) is 12.4 Å². The average Bonchev–Trinajstić information content (AvgIpc) is 3.41. The van der Waals surface area contributed by atoms with Crippen LogP contribution in [0.25, 0.3) is 0 Å². The first-order valence-corrected chi connectivity index (χ1v) is 11.7. The van der Waals surface area contributed by atoms with Gasteiger partial charge in [0, 0.05) is 23.6 Å². The molecular formula is C24H26N4O4S. The highest BCUT2D eigenvalue weighted by Crippen LogP contribution is 2.34. The minimum absolute atomic E-state index is 0.0337. The number of hydrogen-bond acceptors (Lipinski definition) is 6. The van der Waals surface area contributed by atoms with Gasteiger partial charge in [-0.15, -0.1) is 0 Å². The minimum atomic E-state index is -0.176. The number of ether oxygens (including phenoxy) is 2. The van der Waals surface area contributed by atoms with Crippen molar-refractivity contribution in [1.29, 1.82) is 0 Å². The quantitative estimate of drug-likeness (QED) is 0.503. The summed E-state index contributed by atoms with van der Waals surface area (Å²) in [6, 6.07) is 14.9. The molecule has 172 valence electrons. The zero-order valence-electron chi connectivity index (χ0n) is 18.6. The van der Waals surface area contributed by atoms with Crippen LogP contribution in [0.4, 0.5) is 5.82 Å². The number of aromatic nitrogens is 2. The maximum absolute atomic E-state index is 12.7. The zero-order chi connectivity index (χ0) is 23.2. The Balaban J connectivity index is 1.39. The number of benzene rings is 2. The summed E-state index contributed by atoms with van der Waals surface area (Å²) >= 11 is 1.75. The first-order chi connectivity index (χ1) is 16.1. The van der Waals surface area contributed by atoms with Gasteiger partial charge in [0.1, 0.15) is 23.9 Å². The van der Waals surface area contributed by atoms with Crippen LogP contribution in [0.5, 0.6) is 11.5 Å². The van der Waals surface area contributed by atoms with Crippen molar-refractivity contribution in [2.75, 3.05) is 19.5 Å². The van der Waals surface area contributed by atoms with Crippen molar-refractivity contribution in [1.82, 2.24) is 15.1 Å². The van der Waals surface area contributed by atoms with E-state index in [1.807, 2.05) is 48.5 Å². The van der Waals surface area contributed by atoms with Crippen LogP contribution in [0.15, 0.2) is 48.5 Å². The van der Waals surface area contributed by atoms with Crippen LogP contribution in [-0.2, 0) is 40.6 Å². The first-order valence-electron chi connectivity index (χ1n) is 10.5. The Bertz CT molecular complexity index is 1130. The second-order valence-electron chi connectivity index (χ2n) is 7.62. The molecule has 2 N–H and O–H groups in total. The third kappa shape index (κ3) is 5.67. The van der Waals surface area contributed by atoms with Gasteiger partial charge < -0.3 is 20.1 Å². The van der Waals surface area contributed by atoms with Crippen molar-refractivity contribution in [2.45, 2.75) is 31.0 Å². The van der Waals surface area contributed by atoms with Gasteiger partial charge in [0.2, 0.25) is 11.8 Å². The topological polar surface area (TPSA) is 94.5 Å². The highest BCUT2D eigenvalue weighted by molar-refractivity contribution is 7.98. The Hall–Kier alpha value is -3.46. The fourth-order valence-electron chi connectivity index (χ4n) is 3.56. The summed E-state index contributed by atoms with van der Waals surface area (Å²) in [5.41, 5.74) is 3.76. The molecule has 0 radical (unpaired) electrons. The van der Waals surface area contributed by atoms with Crippen molar-refractivity contribution in [2.24, 2.45) is 0 Å². The van der Waals surface area contributed by atoms with Gasteiger partial charge in [-0.3, -0.25) is 9.59 Å². The molecule has 0 spiro atoms. The molecule has 0 unspecified atom stereocenters. The second kappa shape index (κ2) is 10.4. The van der Waals surface area contributed by atoms with E-state index in [-0.39, 0.29) is 24.8 Å². The van der Waals surface area contributed by atoms with Gasteiger partial charge in [-0.05, 0) is 35.4 Å². The smallest absolute Gasteiger partial charge is 0.242 e. The maximum Gasteiger partial charge on any atom is 0.242 e. The van der Waals surface area contributed by atoms with Crippen LogP contribution in [0.1, 0.15) is 22.4 Å². The second-order valence-corrected chi connectivity index (χ2v) is 8.61. The molecule has 0 aliphatic carbocycles. The number of hydrogen-bond donors (Lipinski definition) is 2. The molecule has 0 atom stereocenters. The molecule has 2 aromatic carbocycles. The predicted octanol–water partition coefficient (Wildman–Crippen LogP) is 3.14. The number of amides is 2. The Morgan fingerprint density at radius 3 is 2.21 bits per heavy atom. The first kappa shape index (κ1) is 22.7. The standard InChI is InChI=1S/C24H26N4O4S/c1-31-18-7-3-16(4-8-18)11-22(29)26-24-20-14-33-15-21(20)27-28(24)13-23(30)25-12-17-5-9-19(32-2)10-6-17/h3-10H,11-15H2,1-2H3,(H,25,30)(H,26,29). The highest BCUT2D eigenvalue weighted by Gasteiger charge is 2.25. The Labute approximate surface area is 196 Å². The Kier molecular flexibility index (Phi) is 7.19. The fourth-order valence-corrected chi connectivity index (χ4v) is 4.60. The van der Waals surface area contributed by atoms with Gasteiger partial charge >= 0.3 is 0 Å². The van der Waals surface area contributed by atoms with Gasteiger partial charge in [0.25, 0.3) is 0 Å². The van der Waals surface area contributed by atoms with Crippen molar-refractivity contribution in [3.05, 3.63) is 70.9 Å². The van der Waals surface area contributed by atoms with E-state index in [2.05, 4.69) is 15.7 Å². The molecule has 1 aromatic heterocycles. The van der Waals surface area contributed by atoms with Gasteiger partial charge in [0.15, 0.2) is 0 Å². The normalized spacial score (nSPS) is 12.2. The molecule has 33 heavy (non-hydrogen) atoms. The monoisotopic (exact) mass is 466 g/mol. The zero-order valence-corrected chi connectivity index (χ0v) is 19.4. The third-order valence-electron chi connectivity index (χ3n) is 5.34. The molecule has 0 bridgehead atoms. The predicted molar refractivity (Wildman–Crippen MR) is 127 cm³/mol. The molecule has 2 heterocycles. The molecule has 2 amide bonds. The van der Waals surface area contributed by atoms with Crippen molar-refractivity contribution in [3.8, 4) is 11.5 Å². The summed E-state index contributed by atoms with van der Waals surface area (Å²) in [5.74, 6) is 3.33. The van der Waals surface area contributed by atoms with E-state index in [4.69, 9.17) is 9.47 Å².